The monoisotopic (exact) mass is 399 g/mol. The summed E-state index contributed by atoms with van der Waals surface area (Å²) in [4.78, 5) is 41.9. The Morgan fingerprint density at radius 1 is 1.17 bits per heavy atom. The Morgan fingerprint density at radius 3 is 2.52 bits per heavy atom. The largest absolute Gasteiger partial charge is 0.361 e. The molecule has 0 spiro atoms. The van der Waals surface area contributed by atoms with E-state index in [1.54, 1.807) is 25.1 Å². The number of nitrogens with two attached hydrogens (primary N) is 1. The number of nitrogens with zero attached hydrogens (tertiary/aromatic N) is 3. The van der Waals surface area contributed by atoms with Gasteiger partial charge in [-0.1, -0.05) is 22.9 Å². The van der Waals surface area contributed by atoms with E-state index in [2.05, 4.69) is 10.5 Å². The highest BCUT2D eigenvalue weighted by atomic mass is 16.5. The Labute approximate surface area is 168 Å². The van der Waals surface area contributed by atoms with Crippen molar-refractivity contribution in [3.05, 3.63) is 52.9 Å². The van der Waals surface area contributed by atoms with Crippen molar-refractivity contribution in [3.8, 4) is 0 Å². The summed E-state index contributed by atoms with van der Waals surface area (Å²) in [6, 6.07) is 8.65. The molecule has 29 heavy (non-hydrogen) atoms. The van der Waals surface area contributed by atoms with Crippen LogP contribution in [0.3, 0.4) is 0 Å². The molecule has 1 fully saturated rings. The molecule has 1 aromatic carbocycles. The fraction of sp³-hybridized carbons (Fsp3) is 0.400. The van der Waals surface area contributed by atoms with Gasteiger partial charge in [0.15, 0.2) is 11.9 Å². The van der Waals surface area contributed by atoms with Gasteiger partial charge >= 0.3 is 0 Å². The maximum absolute atomic E-state index is 13.2. The lowest BCUT2D eigenvalue weighted by molar-refractivity contribution is -0.132. The third kappa shape index (κ3) is 4.45. The van der Waals surface area contributed by atoms with Crippen LogP contribution >= 0.6 is 0 Å². The normalized spacial score (nSPS) is 16.6. The molecule has 0 bridgehead atoms. The predicted molar refractivity (Wildman–Crippen MR) is 105 cm³/mol. The molecule has 1 saturated heterocycles. The Bertz CT molecular complexity index is 910. The Balaban J connectivity index is 1.94. The van der Waals surface area contributed by atoms with Gasteiger partial charge in [-0.2, -0.15) is 0 Å². The lowest BCUT2D eigenvalue weighted by Crippen LogP contribution is -2.63. The quantitative estimate of drug-likeness (QED) is 0.763. The second kappa shape index (κ2) is 8.87. The van der Waals surface area contributed by atoms with E-state index >= 15 is 0 Å². The number of hydrogen-bond donors (Lipinski definition) is 2. The van der Waals surface area contributed by atoms with Gasteiger partial charge in [0, 0.05) is 37.8 Å². The molecule has 3 N–H and O–H groups in total. The zero-order valence-electron chi connectivity index (χ0n) is 16.6. The van der Waals surface area contributed by atoms with Gasteiger partial charge < -0.3 is 25.4 Å². The average molecular weight is 399 g/mol. The molecule has 1 aromatic heterocycles. The third-order valence-electron chi connectivity index (χ3n) is 4.70. The number of benzene rings is 1. The molecular formula is C20H25N5O4. The summed E-state index contributed by atoms with van der Waals surface area (Å²) in [7, 11) is 0. The lowest BCUT2D eigenvalue weighted by atomic mass is 10.1. The van der Waals surface area contributed by atoms with Crippen molar-refractivity contribution in [1.82, 2.24) is 20.3 Å². The number of aromatic nitrogens is 1. The topological polar surface area (TPSA) is 122 Å². The molecule has 1 aliphatic rings. The summed E-state index contributed by atoms with van der Waals surface area (Å²) >= 11 is 0. The van der Waals surface area contributed by atoms with Crippen molar-refractivity contribution in [3.63, 3.8) is 0 Å². The van der Waals surface area contributed by atoms with Gasteiger partial charge in [-0.05, 0) is 32.4 Å². The van der Waals surface area contributed by atoms with Crippen molar-refractivity contribution in [1.29, 1.82) is 0 Å². The molecule has 2 heterocycles. The minimum Gasteiger partial charge on any atom is -0.361 e. The van der Waals surface area contributed by atoms with Gasteiger partial charge in [0.2, 0.25) is 0 Å². The van der Waals surface area contributed by atoms with Gasteiger partial charge in [-0.3, -0.25) is 14.4 Å². The van der Waals surface area contributed by atoms with E-state index < -0.39 is 18.0 Å². The van der Waals surface area contributed by atoms with Crippen LogP contribution in [0.1, 0.15) is 38.6 Å². The number of hydrogen-bond acceptors (Lipinski definition) is 6. The minimum atomic E-state index is -1.09. The summed E-state index contributed by atoms with van der Waals surface area (Å²) in [6.07, 6.45) is -0.548. The number of carbonyl (C=O) groups is 3. The summed E-state index contributed by atoms with van der Waals surface area (Å²) < 4.78 is 5.00. The van der Waals surface area contributed by atoms with E-state index in [0.717, 1.165) is 5.56 Å². The van der Waals surface area contributed by atoms with Crippen LogP contribution in [0.15, 0.2) is 34.9 Å². The number of amides is 3. The van der Waals surface area contributed by atoms with Gasteiger partial charge in [0.25, 0.3) is 17.7 Å². The molecular weight excluding hydrogens is 374 g/mol. The van der Waals surface area contributed by atoms with E-state index in [-0.39, 0.29) is 24.7 Å². The first-order valence-corrected chi connectivity index (χ1v) is 9.52. The summed E-state index contributed by atoms with van der Waals surface area (Å²) in [5.41, 5.74) is 7.00. The van der Waals surface area contributed by atoms with E-state index in [1.807, 2.05) is 13.0 Å². The maximum Gasteiger partial charge on any atom is 0.278 e. The van der Waals surface area contributed by atoms with Crippen LogP contribution in [0, 0.1) is 13.8 Å². The molecule has 9 nitrogen and oxygen atoms in total. The highest BCUT2D eigenvalue weighted by molar-refractivity contribution is 6.01. The molecule has 154 valence electrons. The molecule has 3 amide bonds. The molecule has 9 heteroatoms. The van der Waals surface area contributed by atoms with Crippen LogP contribution in [0.4, 0.5) is 0 Å². The van der Waals surface area contributed by atoms with Gasteiger partial charge in [0.05, 0.1) is 0 Å². The van der Waals surface area contributed by atoms with Crippen molar-refractivity contribution < 1.29 is 18.9 Å². The highest BCUT2D eigenvalue weighted by Gasteiger charge is 2.41. The first-order chi connectivity index (χ1) is 13.9. The molecule has 0 aliphatic carbocycles. The van der Waals surface area contributed by atoms with Crippen molar-refractivity contribution >= 4 is 17.7 Å². The van der Waals surface area contributed by atoms with Gasteiger partial charge in [-0.15, -0.1) is 0 Å². The van der Waals surface area contributed by atoms with Gasteiger partial charge in [-0.25, -0.2) is 0 Å². The number of carbonyl (C=O) groups excluding carboxylic acids is 3. The van der Waals surface area contributed by atoms with Crippen LogP contribution in [-0.4, -0.2) is 65.0 Å². The van der Waals surface area contributed by atoms with Crippen LogP contribution in [0.5, 0.6) is 0 Å². The van der Waals surface area contributed by atoms with Gasteiger partial charge in [0.1, 0.15) is 5.76 Å². The van der Waals surface area contributed by atoms with Crippen LogP contribution < -0.4 is 11.1 Å². The second-order valence-electron chi connectivity index (χ2n) is 7.00. The molecule has 1 aliphatic heterocycles. The molecule has 0 radical (unpaired) electrons. The van der Waals surface area contributed by atoms with Crippen molar-refractivity contribution in [2.75, 3.05) is 26.2 Å². The lowest BCUT2D eigenvalue weighted by Gasteiger charge is -2.42. The molecule has 3 rings (SSSR count). The number of aryl methyl sites for hydroxylation is 2. The van der Waals surface area contributed by atoms with E-state index in [4.69, 9.17) is 10.3 Å². The first-order valence-electron chi connectivity index (χ1n) is 9.52. The molecule has 1 unspecified atom stereocenters. The number of rotatable bonds is 5. The maximum atomic E-state index is 13.2. The fourth-order valence-electron chi connectivity index (χ4n) is 3.38. The SMILES string of the molecule is Cc1cccc(C(=O)N2CCCN(C(=O)c3cc(C)on3)C2C(=O)NCCN)c1. The zero-order chi connectivity index (χ0) is 21.0. The fourth-order valence-corrected chi connectivity index (χ4v) is 3.38. The Kier molecular flexibility index (Phi) is 6.28. The van der Waals surface area contributed by atoms with E-state index in [1.165, 1.54) is 15.9 Å². The van der Waals surface area contributed by atoms with Crippen molar-refractivity contribution in [2.24, 2.45) is 5.73 Å². The molecule has 2 aromatic rings. The van der Waals surface area contributed by atoms with Crippen LogP contribution in [0.2, 0.25) is 0 Å². The molecule has 1 atom stereocenters. The first kappa shape index (κ1) is 20.5. The van der Waals surface area contributed by atoms with Crippen molar-refractivity contribution in [2.45, 2.75) is 26.4 Å². The Morgan fingerprint density at radius 2 is 1.90 bits per heavy atom. The summed E-state index contributed by atoms with van der Waals surface area (Å²) in [6.45, 7) is 4.74. The van der Waals surface area contributed by atoms with E-state index in [0.29, 0.717) is 30.8 Å². The van der Waals surface area contributed by atoms with Crippen LogP contribution in [0.25, 0.3) is 0 Å². The predicted octanol–water partition coefficient (Wildman–Crippen LogP) is 0.681. The minimum absolute atomic E-state index is 0.101. The standard InChI is InChI=1S/C20H25N5O4/c1-13-5-3-6-15(11-13)19(27)24-9-4-10-25(18(24)17(26)22-8-7-21)20(28)16-12-14(2)29-23-16/h3,5-6,11-12,18H,4,7-10,21H2,1-2H3,(H,22,26). The zero-order valence-corrected chi connectivity index (χ0v) is 16.6. The highest BCUT2D eigenvalue weighted by Crippen LogP contribution is 2.21. The molecule has 0 saturated carbocycles. The second-order valence-corrected chi connectivity index (χ2v) is 7.00. The summed E-state index contributed by atoms with van der Waals surface area (Å²) in [5, 5.41) is 6.46. The Hall–Kier alpha value is -3.20. The van der Waals surface area contributed by atoms with E-state index in [9.17, 15) is 14.4 Å². The van der Waals surface area contributed by atoms with Crippen LogP contribution in [-0.2, 0) is 4.79 Å². The smallest absolute Gasteiger partial charge is 0.278 e. The third-order valence-corrected chi connectivity index (χ3v) is 4.70. The summed E-state index contributed by atoms with van der Waals surface area (Å²) in [5.74, 6) is -0.737. The average Bonchev–Trinajstić information content (AvgIpc) is 3.16. The number of nitrogens with one attached hydrogen (secondary N) is 1.